The Balaban J connectivity index is 1.93. The summed E-state index contributed by atoms with van der Waals surface area (Å²) in [6.07, 6.45) is 2.78. The van der Waals surface area contributed by atoms with E-state index in [-0.39, 0.29) is 11.9 Å². The van der Waals surface area contributed by atoms with Crippen molar-refractivity contribution in [2.75, 3.05) is 12.8 Å². The summed E-state index contributed by atoms with van der Waals surface area (Å²) in [5.41, 5.74) is 1.97. The molecule has 1 aromatic heterocycles. The summed E-state index contributed by atoms with van der Waals surface area (Å²) < 4.78 is 27.4. The van der Waals surface area contributed by atoms with E-state index in [1.165, 1.54) is 0 Å². The van der Waals surface area contributed by atoms with E-state index in [0.29, 0.717) is 6.54 Å². The highest BCUT2D eigenvalue weighted by molar-refractivity contribution is 7.88. The minimum atomic E-state index is -3.43. The number of likely N-dealkylation sites (tertiary alicyclic amines) is 1. The monoisotopic (exact) mass is 364 g/mol. The van der Waals surface area contributed by atoms with Gasteiger partial charge in [0, 0.05) is 13.1 Å². The predicted octanol–water partition coefficient (Wildman–Crippen LogP) is 1.66. The number of hydrogen-bond acceptors (Lipinski definition) is 4. The molecule has 2 aromatic rings. The average molecular weight is 364 g/mol. The quantitative estimate of drug-likeness (QED) is 0.874. The van der Waals surface area contributed by atoms with Gasteiger partial charge in [0.25, 0.3) is 0 Å². The van der Waals surface area contributed by atoms with Gasteiger partial charge in [0.15, 0.2) is 0 Å². The van der Waals surface area contributed by atoms with Crippen LogP contribution in [0.4, 0.5) is 0 Å². The SMILES string of the molecule is CCn1c(C2CCCN2C(=O)C(C)NS(C)(=O)=O)nc2ccccc21. The molecule has 136 valence electrons. The molecule has 0 spiro atoms. The number of nitrogens with zero attached hydrogens (tertiary/aromatic N) is 3. The van der Waals surface area contributed by atoms with E-state index in [1.54, 1.807) is 11.8 Å². The number of imidazole rings is 1. The Hall–Kier alpha value is -1.93. The highest BCUT2D eigenvalue weighted by atomic mass is 32.2. The lowest BCUT2D eigenvalue weighted by molar-refractivity contribution is -0.133. The third kappa shape index (κ3) is 3.55. The fraction of sp³-hybridized carbons (Fsp3) is 0.529. The topological polar surface area (TPSA) is 84.3 Å². The lowest BCUT2D eigenvalue weighted by Crippen LogP contribution is -2.46. The third-order valence-corrected chi connectivity index (χ3v) is 5.38. The fourth-order valence-corrected chi connectivity index (χ4v) is 4.34. The van der Waals surface area contributed by atoms with Gasteiger partial charge < -0.3 is 9.47 Å². The Labute approximate surface area is 148 Å². The molecule has 1 N–H and O–H groups in total. The van der Waals surface area contributed by atoms with Crippen molar-refractivity contribution in [3.63, 3.8) is 0 Å². The van der Waals surface area contributed by atoms with Crippen LogP contribution in [-0.2, 0) is 21.4 Å². The molecular formula is C17H24N4O3S. The molecule has 25 heavy (non-hydrogen) atoms. The second-order valence-electron chi connectivity index (χ2n) is 6.50. The minimum Gasteiger partial charge on any atom is -0.331 e. The molecule has 8 heteroatoms. The molecule has 0 saturated carbocycles. The van der Waals surface area contributed by atoms with Crippen LogP contribution in [0.5, 0.6) is 0 Å². The van der Waals surface area contributed by atoms with Crippen molar-refractivity contribution in [2.24, 2.45) is 0 Å². The van der Waals surface area contributed by atoms with Crippen molar-refractivity contribution in [3.05, 3.63) is 30.1 Å². The molecule has 0 radical (unpaired) electrons. The number of aromatic nitrogens is 2. The first kappa shape index (κ1) is 17.9. The van der Waals surface area contributed by atoms with Crippen molar-refractivity contribution in [1.29, 1.82) is 0 Å². The lowest BCUT2D eigenvalue weighted by Gasteiger charge is -2.27. The zero-order chi connectivity index (χ0) is 18.2. The van der Waals surface area contributed by atoms with Gasteiger partial charge in [0.05, 0.1) is 29.4 Å². The zero-order valence-corrected chi connectivity index (χ0v) is 15.6. The number of rotatable bonds is 5. The van der Waals surface area contributed by atoms with Crippen LogP contribution in [0.25, 0.3) is 11.0 Å². The number of benzene rings is 1. The molecule has 0 aliphatic carbocycles. The van der Waals surface area contributed by atoms with Gasteiger partial charge in [-0.2, -0.15) is 0 Å². The van der Waals surface area contributed by atoms with E-state index < -0.39 is 16.1 Å². The molecule has 2 atom stereocenters. The number of carbonyl (C=O) groups excluding carboxylic acids is 1. The molecule has 1 aromatic carbocycles. The Morgan fingerprint density at radius 3 is 2.80 bits per heavy atom. The number of sulfonamides is 1. The van der Waals surface area contributed by atoms with Crippen LogP contribution in [-0.4, -0.2) is 47.6 Å². The van der Waals surface area contributed by atoms with Gasteiger partial charge in [-0.15, -0.1) is 0 Å². The van der Waals surface area contributed by atoms with E-state index >= 15 is 0 Å². The van der Waals surface area contributed by atoms with Crippen LogP contribution in [0.1, 0.15) is 38.6 Å². The molecule has 0 bridgehead atoms. The molecular weight excluding hydrogens is 340 g/mol. The van der Waals surface area contributed by atoms with Gasteiger partial charge in [-0.05, 0) is 38.8 Å². The Bertz CT molecular complexity index is 890. The molecule has 2 heterocycles. The second kappa shape index (κ2) is 6.76. The maximum Gasteiger partial charge on any atom is 0.241 e. The van der Waals surface area contributed by atoms with Crippen LogP contribution in [0.2, 0.25) is 0 Å². The number of nitrogens with one attached hydrogen (secondary N) is 1. The summed E-state index contributed by atoms with van der Waals surface area (Å²) >= 11 is 0. The number of fused-ring (bicyclic) bond motifs is 1. The second-order valence-corrected chi connectivity index (χ2v) is 8.28. The average Bonchev–Trinajstić information content (AvgIpc) is 3.16. The zero-order valence-electron chi connectivity index (χ0n) is 14.8. The standard InChI is InChI=1S/C17H24N4O3S/c1-4-20-14-9-6-5-8-13(14)18-16(20)15-10-7-11-21(15)17(22)12(2)19-25(3,23)24/h5-6,8-9,12,15,19H,4,7,10-11H2,1-3H3. The Morgan fingerprint density at radius 2 is 2.12 bits per heavy atom. The van der Waals surface area contributed by atoms with E-state index in [1.807, 2.05) is 24.3 Å². The van der Waals surface area contributed by atoms with Gasteiger partial charge >= 0.3 is 0 Å². The first-order valence-electron chi connectivity index (χ1n) is 8.54. The molecule has 1 amide bonds. The van der Waals surface area contributed by atoms with Crippen molar-refractivity contribution >= 4 is 27.0 Å². The number of amides is 1. The Morgan fingerprint density at radius 1 is 1.40 bits per heavy atom. The molecule has 7 nitrogen and oxygen atoms in total. The summed E-state index contributed by atoms with van der Waals surface area (Å²) in [6, 6.07) is 7.04. The van der Waals surface area contributed by atoms with Crippen LogP contribution >= 0.6 is 0 Å². The van der Waals surface area contributed by atoms with Crippen LogP contribution < -0.4 is 4.72 Å². The fourth-order valence-electron chi connectivity index (χ4n) is 3.60. The van der Waals surface area contributed by atoms with Gasteiger partial charge in [-0.1, -0.05) is 12.1 Å². The van der Waals surface area contributed by atoms with Gasteiger partial charge in [0.2, 0.25) is 15.9 Å². The van der Waals surface area contributed by atoms with Crippen molar-refractivity contribution < 1.29 is 13.2 Å². The van der Waals surface area contributed by atoms with Crippen molar-refractivity contribution in [3.8, 4) is 0 Å². The lowest BCUT2D eigenvalue weighted by atomic mass is 10.2. The summed E-state index contributed by atoms with van der Waals surface area (Å²) in [5, 5.41) is 0. The predicted molar refractivity (Wildman–Crippen MR) is 96.5 cm³/mol. The maximum atomic E-state index is 12.8. The number of aryl methyl sites for hydroxylation is 1. The smallest absolute Gasteiger partial charge is 0.241 e. The summed E-state index contributed by atoms with van der Waals surface area (Å²) in [4.78, 5) is 19.3. The van der Waals surface area contributed by atoms with Gasteiger partial charge in [-0.3, -0.25) is 4.79 Å². The van der Waals surface area contributed by atoms with Crippen LogP contribution in [0, 0.1) is 0 Å². The highest BCUT2D eigenvalue weighted by Gasteiger charge is 2.36. The van der Waals surface area contributed by atoms with Gasteiger partial charge in [0.1, 0.15) is 5.82 Å². The first-order valence-corrected chi connectivity index (χ1v) is 10.4. The number of para-hydroxylation sites is 2. The van der Waals surface area contributed by atoms with E-state index in [2.05, 4.69) is 16.2 Å². The van der Waals surface area contributed by atoms with E-state index in [0.717, 1.165) is 42.5 Å². The normalized spacial score (nSPS) is 19.5. The number of hydrogen-bond donors (Lipinski definition) is 1. The van der Waals surface area contributed by atoms with Crippen molar-refractivity contribution in [2.45, 2.75) is 45.3 Å². The van der Waals surface area contributed by atoms with Crippen molar-refractivity contribution in [1.82, 2.24) is 19.2 Å². The molecule has 1 fully saturated rings. The third-order valence-electron chi connectivity index (χ3n) is 4.60. The molecule has 3 rings (SSSR count). The Kier molecular flexibility index (Phi) is 4.83. The van der Waals surface area contributed by atoms with E-state index in [9.17, 15) is 13.2 Å². The van der Waals surface area contributed by atoms with E-state index in [4.69, 9.17) is 4.98 Å². The summed E-state index contributed by atoms with van der Waals surface area (Å²) in [7, 11) is -3.43. The van der Waals surface area contributed by atoms with Gasteiger partial charge in [-0.25, -0.2) is 18.1 Å². The largest absolute Gasteiger partial charge is 0.331 e. The highest BCUT2D eigenvalue weighted by Crippen LogP contribution is 2.33. The molecule has 1 aliphatic rings. The summed E-state index contributed by atoms with van der Waals surface area (Å²) in [5.74, 6) is 0.670. The first-order chi connectivity index (χ1) is 11.8. The number of carbonyl (C=O) groups is 1. The molecule has 2 unspecified atom stereocenters. The summed E-state index contributed by atoms with van der Waals surface area (Å²) in [6.45, 7) is 5.03. The minimum absolute atomic E-state index is 0.122. The van der Waals surface area contributed by atoms with Crippen LogP contribution in [0.15, 0.2) is 24.3 Å². The van der Waals surface area contributed by atoms with Crippen LogP contribution in [0.3, 0.4) is 0 Å². The molecule has 1 aliphatic heterocycles. The molecule has 1 saturated heterocycles. The maximum absolute atomic E-state index is 12.8.